The van der Waals surface area contributed by atoms with Gasteiger partial charge in [-0.1, -0.05) is 6.07 Å². The van der Waals surface area contributed by atoms with Crippen molar-refractivity contribution in [3.63, 3.8) is 0 Å². The molecule has 0 aliphatic carbocycles. The van der Waals surface area contributed by atoms with Crippen LogP contribution in [0.5, 0.6) is 0 Å². The van der Waals surface area contributed by atoms with Crippen molar-refractivity contribution < 1.29 is 0 Å². The third kappa shape index (κ3) is 2.82. The van der Waals surface area contributed by atoms with Crippen molar-refractivity contribution in [2.45, 2.75) is 38.9 Å². The Morgan fingerprint density at radius 3 is 3.12 bits per heavy atom. The Labute approximate surface area is 139 Å². The van der Waals surface area contributed by atoms with Gasteiger partial charge in [-0.05, 0) is 37.9 Å². The van der Waals surface area contributed by atoms with Crippen LogP contribution in [0.15, 0.2) is 41.8 Å². The van der Waals surface area contributed by atoms with Gasteiger partial charge in [0.2, 0.25) is 0 Å². The maximum Gasteiger partial charge on any atom is 0.258 e. The molecule has 0 amide bonds. The van der Waals surface area contributed by atoms with Gasteiger partial charge in [0.1, 0.15) is 18.3 Å². The predicted molar refractivity (Wildman–Crippen MR) is 89.7 cm³/mol. The highest BCUT2D eigenvalue weighted by Crippen LogP contribution is 2.20. The number of fused-ring (bicyclic) bond motifs is 1. The van der Waals surface area contributed by atoms with E-state index < -0.39 is 0 Å². The van der Waals surface area contributed by atoms with E-state index in [9.17, 15) is 4.79 Å². The van der Waals surface area contributed by atoms with Gasteiger partial charge in [0.15, 0.2) is 0 Å². The minimum Gasteiger partial charge on any atom is -0.293 e. The molecule has 1 aliphatic rings. The summed E-state index contributed by atoms with van der Waals surface area (Å²) in [6, 6.07) is 5.91. The molecule has 0 saturated carbocycles. The molecule has 0 unspecified atom stereocenters. The van der Waals surface area contributed by atoms with E-state index in [1.165, 1.54) is 0 Å². The molecule has 0 aromatic carbocycles. The zero-order valence-electron chi connectivity index (χ0n) is 13.7. The normalized spacial score (nSPS) is 18.5. The van der Waals surface area contributed by atoms with Gasteiger partial charge in [-0.15, -0.1) is 0 Å². The monoisotopic (exact) mass is 324 g/mol. The minimum atomic E-state index is -0.0225. The first kappa shape index (κ1) is 15.0. The number of pyridine rings is 1. The number of hydrogen-bond donors (Lipinski definition) is 0. The van der Waals surface area contributed by atoms with Gasteiger partial charge in [-0.2, -0.15) is 5.10 Å². The summed E-state index contributed by atoms with van der Waals surface area (Å²) in [4.78, 5) is 23.5. The Morgan fingerprint density at radius 2 is 2.29 bits per heavy atom. The molecule has 0 radical (unpaired) electrons. The summed E-state index contributed by atoms with van der Waals surface area (Å²) >= 11 is 0. The highest BCUT2D eigenvalue weighted by atomic mass is 16.1. The summed E-state index contributed by atoms with van der Waals surface area (Å²) in [6.07, 6.45) is 7.37. The molecular weight excluding hydrogens is 304 g/mol. The van der Waals surface area contributed by atoms with Crippen LogP contribution in [0.2, 0.25) is 0 Å². The number of likely N-dealkylation sites (tertiary alicyclic amines) is 1. The fourth-order valence-electron chi connectivity index (χ4n) is 3.45. The van der Waals surface area contributed by atoms with Crippen LogP contribution in [-0.4, -0.2) is 41.6 Å². The highest BCUT2D eigenvalue weighted by Gasteiger charge is 2.25. The highest BCUT2D eigenvalue weighted by molar-refractivity contribution is 5.46. The molecule has 7 heteroatoms. The van der Waals surface area contributed by atoms with Crippen LogP contribution in [0.3, 0.4) is 0 Å². The lowest BCUT2D eigenvalue weighted by atomic mass is 10.2. The molecular formula is C17H20N6O. The average molecular weight is 324 g/mol. The van der Waals surface area contributed by atoms with Gasteiger partial charge >= 0.3 is 0 Å². The first-order valence-electron chi connectivity index (χ1n) is 8.25. The molecule has 24 heavy (non-hydrogen) atoms. The van der Waals surface area contributed by atoms with Crippen molar-refractivity contribution in [2.24, 2.45) is 0 Å². The van der Waals surface area contributed by atoms with Crippen LogP contribution in [0.1, 0.15) is 24.1 Å². The lowest BCUT2D eigenvalue weighted by Gasteiger charge is -2.24. The summed E-state index contributed by atoms with van der Waals surface area (Å²) < 4.78 is 3.48. The second kappa shape index (κ2) is 6.16. The molecule has 124 valence electrons. The van der Waals surface area contributed by atoms with Crippen LogP contribution in [-0.2, 0) is 13.1 Å². The molecule has 0 bridgehead atoms. The Morgan fingerprint density at radius 1 is 1.38 bits per heavy atom. The molecule has 4 heterocycles. The van der Waals surface area contributed by atoms with Crippen LogP contribution in [0, 0.1) is 6.92 Å². The van der Waals surface area contributed by atoms with Crippen LogP contribution in [0.25, 0.3) is 5.65 Å². The summed E-state index contributed by atoms with van der Waals surface area (Å²) in [7, 11) is 0. The SMILES string of the molecule is Cc1cccn2c(=O)cc(CN3CCC[C@H]3Cn3cncn3)nc12. The van der Waals surface area contributed by atoms with Gasteiger partial charge in [-0.25, -0.2) is 9.97 Å². The van der Waals surface area contributed by atoms with Gasteiger partial charge in [0.05, 0.1) is 12.2 Å². The Kier molecular flexibility index (Phi) is 3.86. The Hall–Kier alpha value is -2.54. The van der Waals surface area contributed by atoms with Crippen LogP contribution < -0.4 is 5.56 Å². The third-order valence-electron chi connectivity index (χ3n) is 4.67. The van der Waals surface area contributed by atoms with E-state index in [2.05, 4.69) is 15.0 Å². The fraction of sp³-hybridized carbons (Fsp3) is 0.412. The molecule has 1 atom stereocenters. The first-order chi connectivity index (χ1) is 11.7. The molecule has 0 N–H and O–H groups in total. The molecule has 1 fully saturated rings. The van der Waals surface area contributed by atoms with Crippen molar-refractivity contribution >= 4 is 5.65 Å². The number of nitrogens with zero attached hydrogens (tertiary/aromatic N) is 6. The standard InChI is InChI=1S/C17H20N6O/c1-13-4-2-7-23-16(24)8-14(20-17(13)23)9-21-6-3-5-15(21)10-22-12-18-11-19-22/h2,4,7-8,11-12,15H,3,5-6,9-10H2,1H3/t15-/m0/s1. The molecule has 1 saturated heterocycles. The molecule has 1 aliphatic heterocycles. The molecule has 3 aromatic heterocycles. The van der Waals surface area contributed by atoms with E-state index in [0.29, 0.717) is 12.6 Å². The van der Waals surface area contributed by atoms with Crippen LogP contribution in [0.4, 0.5) is 0 Å². The maximum atomic E-state index is 12.3. The van der Waals surface area contributed by atoms with E-state index in [4.69, 9.17) is 4.98 Å². The first-order valence-corrected chi connectivity index (χ1v) is 8.25. The largest absolute Gasteiger partial charge is 0.293 e. The van der Waals surface area contributed by atoms with E-state index in [-0.39, 0.29) is 5.56 Å². The third-order valence-corrected chi connectivity index (χ3v) is 4.67. The Balaban J connectivity index is 1.59. The fourth-order valence-corrected chi connectivity index (χ4v) is 3.45. The molecule has 0 spiro atoms. The van der Waals surface area contributed by atoms with Crippen LogP contribution >= 0.6 is 0 Å². The van der Waals surface area contributed by atoms with Crippen molar-refractivity contribution in [3.8, 4) is 0 Å². The minimum absolute atomic E-state index is 0.0225. The lowest BCUT2D eigenvalue weighted by Crippen LogP contribution is -2.33. The van der Waals surface area contributed by atoms with E-state index in [1.54, 1.807) is 29.3 Å². The zero-order chi connectivity index (χ0) is 16.5. The summed E-state index contributed by atoms with van der Waals surface area (Å²) in [5.41, 5.74) is 2.56. The van der Waals surface area contributed by atoms with Gasteiger partial charge in [-0.3, -0.25) is 18.8 Å². The number of aromatic nitrogens is 5. The number of aryl methyl sites for hydroxylation is 1. The van der Waals surface area contributed by atoms with Crippen molar-refractivity contribution in [1.29, 1.82) is 0 Å². The van der Waals surface area contributed by atoms with Crippen molar-refractivity contribution in [2.75, 3.05) is 6.54 Å². The second-order valence-electron chi connectivity index (χ2n) is 6.35. The average Bonchev–Trinajstić information content (AvgIpc) is 3.22. The smallest absolute Gasteiger partial charge is 0.258 e. The predicted octanol–water partition coefficient (Wildman–Crippen LogP) is 1.26. The molecule has 3 aromatic rings. The summed E-state index contributed by atoms with van der Waals surface area (Å²) in [6.45, 7) is 4.52. The van der Waals surface area contributed by atoms with Gasteiger partial charge in [0, 0.05) is 24.8 Å². The topological polar surface area (TPSA) is 68.3 Å². The summed E-state index contributed by atoms with van der Waals surface area (Å²) in [5.74, 6) is 0. The quantitative estimate of drug-likeness (QED) is 0.723. The maximum absolute atomic E-state index is 12.3. The lowest BCUT2D eigenvalue weighted by molar-refractivity contribution is 0.216. The van der Waals surface area contributed by atoms with Gasteiger partial charge < -0.3 is 0 Å². The summed E-state index contributed by atoms with van der Waals surface area (Å²) in [5, 5.41) is 4.20. The second-order valence-corrected chi connectivity index (χ2v) is 6.35. The van der Waals surface area contributed by atoms with E-state index in [0.717, 1.165) is 42.8 Å². The van der Waals surface area contributed by atoms with Crippen molar-refractivity contribution in [1.82, 2.24) is 29.0 Å². The van der Waals surface area contributed by atoms with Crippen molar-refractivity contribution in [3.05, 3.63) is 58.7 Å². The number of hydrogen-bond acceptors (Lipinski definition) is 5. The Bertz CT molecular complexity index is 901. The number of rotatable bonds is 4. The molecule has 7 nitrogen and oxygen atoms in total. The van der Waals surface area contributed by atoms with E-state index >= 15 is 0 Å². The van der Waals surface area contributed by atoms with E-state index in [1.807, 2.05) is 23.7 Å². The zero-order valence-corrected chi connectivity index (χ0v) is 13.7. The molecule has 4 rings (SSSR count). The van der Waals surface area contributed by atoms with Gasteiger partial charge in [0.25, 0.3) is 5.56 Å².